The lowest BCUT2D eigenvalue weighted by molar-refractivity contribution is -0.142. The molecule has 0 spiro atoms. The third-order valence-electron chi connectivity index (χ3n) is 3.78. The van der Waals surface area contributed by atoms with Gasteiger partial charge in [-0.05, 0) is 12.3 Å². The van der Waals surface area contributed by atoms with Crippen LogP contribution in [0.15, 0.2) is 0 Å². The summed E-state index contributed by atoms with van der Waals surface area (Å²) >= 11 is 0. The molecule has 5 heteroatoms. The predicted octanol–water partition coefficient (Wildman–Crippen LogP) is 0.837. The van der Waals surface area contributed by atoms with Crippen molar-refractivity contribution in [2.24, 2.45) is 17.3 Å². The lowest BCUT2D eigenvalue weighted by Gasteiger charge is -2.25. The molecule has 0 aromatic rings. The molecule has 0 aliphatic heterocycles. The first-order valence-electron chi connectivity index (χ1n) is 5.73. The number of carboxylic acids is 1. The summed E-state index contributed by atoms with van der Waals surface area (Å²) in [4.78, 5) is 24.8. The first-order chi connectivity index (χ1) is 7.75. The maximum Gasteiger partial charge on any atom is 0.307 e. The molecule has 0 aromatic carbocycles. The summed E-state index contributed by atoms with van der Waals surface area (Å²) in [6.07, 6.45) is 0. The molecule has 1 aliphatic carbocycles. The summed E-state index contributed by atoms with van der Waals surface area (Å²) in [5.74, 6) is -1.97. The highest BCUT2D eigenvalue weighted by Crippen LogP contribution is 2.59. The van der Waals surface area contributed by atoms with Gasteiger partial charge in [0.15, 0.2) is 0 Å². The number of hydrogen-bond donors (Lipinski definition) is 1. The molecule has 0 heterocycles. The summed E-state index contributed by atoms with van der Waals surface area (Å²) in [5, 5.41) is 9.04. The fourth-order valence-corrected chi connectivity index (χ4v) is 2.35. The first-order valence-corrected chi connectivity index (χ1v) is 5.73. The Kier molecular flexibility index (Phi) is 3.81. The maximum atomic E-state index is 12.2. The molecular weight excluding hydrogens is 222 g/mol. The zero-order valence-corrected chi connectivity index (χ0v) is 11.1. The first kappa shape index (κ1) is 14.0. The van der Waals surface area contributed by atoms with Gasteiger partial charge in [-0.15, -0.1) is 0 Å². The largest absolute Gasteiger partial charge is 0.481 e. The SMILES string of the molecule is COCC(C)N(C)C(=O)[C@H]1[C@@H](C(=O)O)C1(C)C. The van der Waals surface area contributed by atoms with Gasteiger partial charge in [0.1, 0.15) is 0 Å². The molecule has 1 amide bonds. The Morgan fingerprint density at radius 3 is 2.29 bits per heavy atom. The van der Waals surface area contributed by atoms with Crippen LogP contribution in [0.2, 0.25) is 0 Å². The van der Waals surface area contributed by atoms with Gasteiger partial charge in [0.2, 0.25) is 5.91 Å². The highest BCUT2D eigenvalue weighted by Gasteiger charge is 2.66. The van der Waals surface area contributed by atoms with Crippen molar-refractivity contribution in [3.05, 3.63) is 0 Å². The molecular formula is C12H21NO4. The van der Waals surface area contributed by atoms with Crippen LogP contribution in [-0.4, -0.2) is 48.7 Å². The van der Waals surface area contributed by atoms with E-state index < -0.39 is 23.2 Å². The summed E-state index contributed by atoms with van der Waals surface area (Å²) < 4.78 is 4.99. The van der Waals surface area contributed by atoms with E-state index in [4.69, 9.17) is 9.84 Å². The second kappa shape index (κ2) is 4.64. The van der Waals surface area contributed by atoms with Crippen molar-refractivity contribution in [2.75, 3.05) is 20.8 Å². The van der Waals surface area contributed by atoms with E-state index in [9.17, 15) is 9.59 Å². The number of likely N-dealkylation sites (N-methyl/N-ethyl adjacent to an activating group) is 1. The molecule has 1 aliphatic rings. The van der Waals surface area contributed by atoms with Gasteiger partial charge >= 0.3 is 5.97 Å². The topological polar surface area (TPSA) is 66.8 Å². The van der Waals surface area contributed by atoms with Crippen LogP contribution in [0.25, 0.3) is 0 Å². The molecule has 0 bridgehead atoms. The van der Waals surface area contributed by atoms with Crippen molar-refractivity contribution >= 4 is 11.9 Å². The van der Waals surface area contributed by atoms with Gasteiger partial charge in [0, 0.05) is 14.2 Å². The summed E-state index contributed by atoms with van der Waals surface area (Å²) in [7, 11) is 3.27. The van der Waals surface area contributed by atoms with Gasteiger partial charge in [0.05, 0.1) is 24.5 Å². The number of hydrogen-bond acceptors (Lipinski definition) is 3. The minimum absolute atomic E-state index is 0.0432. The van der Waals surface area contributed by atoms with Crippen molar-refractivity contribution < 1.29 is 19.4 Å². The minimum Gasteiger partial charge on any atom is -0.481 e. The molecule has 17 heavy (non-hydrogen) atoms. The van der Waals surface area contributed by atoms with E-state index in [-0.39, 0.29) is 11.9 Å². The fraction of sp³-hybridized carbons (Fsp3) is 0.833. The van der Waals surface area contributed by atoms with Crippen LogP contribution in [-0.2, 0) is 14.3 Å². The Labute approximate surface area is 102 Å². The van der Waals surface area contributed by atoms with E-state index in [1.165, 1.54) is 0 Å². The van der Waals surface area contributed by atoms with Crippen LogP contribution in [0.3, 0.4) is 0 Å². The van der Waals surface area contributed by atoms with Gasteiger partial charge in [-0.3, -0.25) is 9.59 Å². The van der Waals surface area contributed by atoms with Crippen molar-refractivity contribution in [1.29, 1.82) is 0 Å². The summed E-state index contributed by atoms with van der Waals surface area (Å²) in [6, 6.07) is -0.0432. The van der Waals surface area contributed by atoms with Crippen LogP contribution in [0.1, 0.15) is 20.8 Å². The van der Waals surface area contributed by atoms with Gasteiger partial charge in [-0.2, -0.15) is 0 Å². The highest BCUT2D eigenvalue weighted by atomic mass is 16.5. The van der Waals surface area contributed by atoms with E-state index in [1.54, 1.807) is 19.1 Å². The molecule has 0 radical (unpaired) electrons. The van der Waals surface area contributed by atoms with Crippen molar-refractivity contribution in [2.45, 2.75) is 26.8 Å². The second-order valence-electron chi connectivity index (χ2n) is 5.37. The second-order valence-corrected chi connectivity index (χ2v) is 5.37. The average Bonchev–Trinajstić information content (AvgIpc) is 2.80. The van der Waals surface area contributed by atoms with Gasteiger partial charge in [-0.1, -0.05) is 13.8 Å². The number of ether oxygens (including phenoxy) is 1. The molecule has 1 rings (SSSR count). The molecule has 1 unspecified atom stereocenters. The van der Waals surface area contributed by atoms with Crippen LogP contribution in [0.4, 0.5) is 0 Å². The maximum absolute atomic E-state index is 12.2. The minimum atomic E-state index is -0.888. The third-order valence-corrected chi connectivity index (χ3v) is 3.78. The Balaban J connectivity index is 2.69. The number of carbonyl (C=O) groups is 2. The van der Waals surface area contributed by atoms with Crippen LogP contribution in [0.5, 0.6) is 0 Å². The van der Waals surface area contributed by atoms with Crippen molar-refractivity contribution in [1.82, 2.24) is 4.90 Å². The lowest BCUT2D eigenvalue weighted by Crippen LogP contribution is -2.39. The third kappa shape index (κ3) is 2.44. The smallest absolute Gasteiger partial charge is 0.307 e. The molecule has 1 N–H and O–H groups in total. The standard InChI is InChI=1S/C12H21NO4/c1-7(6-17-5)13(4)10(14)8-9(11(15)16)12(8,2)3/h7-9H,6H2,1-5H3,(H,15,16)/t7?,8-,9+/m1/s1. The quantitative estimate of drug-likeness (QED) is 0.777. The van der Waals surface area contributed by atoms with Gasteiger partial charge in [0.25, 0.3) is 0 Å². The molecule has 1 saturated carbocycles. The number of methoxy groups -OCH3 is 1. The Morgan fingerprint density at radius 1 is 1.41 bits per heavy atom. The fourth-order valence-electron chi connectivity index (χ4n) is 2.35. The van der Waals surface area contributed by atoms with Crippen LogP contribution < -0.4 is 0 Å². The summed E-state index contributed by atoms with van der Waals surface area (Å²) in [6.45, 7) is 5.98. The Bertz CT molecular complexity index is 326. The normalized spacial score (nSPS) is 27.4. The van der Waals surface area contributed by atoms with Crippen LogP contribution >= 0.6 is 0 Å². The number of amides is 1. The average molecular weight is 243 g/mol. The lowest BCUT2D eigenvalue weighted by atomic mass is 10.1. The van der Waals surface area contributed by atoms with E-state index in [2.05, 4.69) is 0 Å². The molecule has 1 fully saturated rings. The van der Waals surface area contributed by atoms with E-state index >= 15 is 0 Å². The van der Waals surface area contributed by atoms with Crippen molar-refractivity contribution in [3.63, 3.8) is 0 Å². The number of nitrogens with zero attached hydrogens (tertiary/aromatic N) is 1. The number of rotatable bonds is 5. The number of aliphatic carboxylic acids is 1. The molecule has 5 nitrogen and oxygen atoms in total. The predicted molar refractivity (Wildman–Crippen MR) is 62.5 cm³/mol. The number of carbonyl (C=O) groups excluding carboxylic acids is 1. The molecule has 98 valence electrons. The van der Waals surface area contributed by atoms with Gasteiger partial charge in [-0.25, -0.2) is 0 Å². The molecule has 3 atom stereocenters. The van der Waals surface area contributed by atoms with E-state index in [1.807, 2.05) is 20.8 Å². The zero-order valence-electron chi connectivity index (χ0n) is 11.1. The van der Waals surface area contributed by atoms with E-state index in [0.717, 1.165) is 0 Å². The highest BCUT2D eigenvalue weighted by molar-refractivity contribution is 5.91. The monoisotopic (exact) mass is 243 g/mol. The van der Waals surface area contributed by atoms with Crippen LogP contribution in [0, 0.1) is 17.3 Å². The molecule has 0 aromatic heterocycles. The number of carboxylic acid groups (broad SMARTS) is 1. The molecule has 0 saturated heterocycles. The zero-order chi connectivity index (χ0) is 13.4. The Morgan fingerprint density at radius 2 is 1.94 bits per heavy atom. The van der Waals surface area contributed by atoms with Crippen molar-refractivity contribution in [3.8, 4) is 0 Å². The van der Waals surface area contributed by atoms with Gasteiger partial charge < -0.3 is 14.7 Å². The Hall–Kier alpha value is -1.10. The van der Waals surface area contributed by atoms with E-state index in [0.29, 0.717) is 6.61 Å². The summed E-state index contributed by atoms with van der Waals surface area (Å²) in [5.41, 5.74) is -0.441.